The Kier molecular flexibility index (Phi) is 7.97. The van der Waals surface area contributed by atoms with Crippen molar-refractivity contribution < 1.29 is 0 Å². The lowest BCUT2D eigenvalue weighted by Crippen LogP contribution is -2.31. The van der Waals surface area contributed by atoms with Crippen LogP contribution in [0, 0.1) is 0 Å². The maximum absolute atomic E-state index is 5.14. The van der Waals surface area contributed by atoms with Gasteiger partial charge in [0.25, 0.3) is 0 Å². The highest BCUT2D eigenvalue weighted by Gasteiger charge is 2.50. The molecule has 8 aromatic carbocycles. The molecule has 0 saturated carbocycles. The van der Waals surface area contributed by atoms with Crippen molar-refractivity contribution in [3.05, 3.63) is 229 Å². The molecule has 1 aliphatic carbocycles. The molecule has 2 aliphatic rings. The molecule has 4 nitrogen and oxygen atoms in total. The van der Waals surface area contributed by atoms with E-state index in [1.165, 1.54) is 43.2 Å². The number of aromatic nitrogens is 4. The first-order valence-corrected chi connectivity index (χ1v) is 21.0. The predicted octanol–water partition coefficient (Wildman–Crippen LogP) is 13.6. The maximum Gasteiger partial charge on any atom is 0.164 e. The van der Waals surface area contributed by atoms with Crippen molar-refractivity contribution in [3.63, 3.8) is 0 Å². The number of pyridine rings is 1. The van der Waals surface area contributed by atoms with Gasteiger partial charge in [-0.2, -0.15) is 0 Å². The summed E-state index contributed by atoms with van der Waals surface area (Å²) >= 11 is 1.86. The van der Waals surface area contributed by atoms with Crippen LogP contribution in [-0.2, 0) is 5.41 Å². The first-order chi connectivity index (χ1) is 29.7. The Balaban J connectivity index is 1.06. The monoisotopic (exact) mass is 782 g/mol. The Labute approximate surface area is 352 Å². The van der Waals surface area contributed by atoms with Crippen LogP contribution in [0.4, 0.5) is 0 Å². The molecule has 0 bridgehead atoms. The highest BCUT2D eigenvalue weighted by Crippen LogP contribution is 2.62. The molecule has 0 atom stereocenters. The molecular formula is C55H34N4S. The number of para-hydroxylation sites is 1. The summed E-state index contributed by atoms with van der Waals surface area (Å²) in [6, 6.07) is 71.6. The zero-order valence-corrected chi connectivity index (χ0v) is 33.1. The van der Waals surface area contributed by atoms with Crippen molar-refractivity contribution in [1.82, 2.24) is 19.9 Å². The van der Waals surface area contributed by atoms with Crippen molar-refractivity contribution in [3.8, 4) is 67.5 Å². The van der Waals surface area contributed by atoms with E-state index in [1.54, 1.807) is 0 Å². The van der Waals surface area contributed by atoms with E-state index >= 15 is 0 Å². The van der Waals surface area contributed by atoms with E-state index in [4.69, 9.17) is 19.9 Å². The summed E-state index contributed by atoms with van der Waals surface area (Å²) in [7, 11) is 0. The van der Waals surface area contributed by atoms with E-state index in [1.807, 2.05) is 60.4 Å². The number of rotatable bonds is 5. The second-order valence-electron chi connectivity index (χ2n) is 15.4. The van der Waals surface area contributed by atoms with E-state index in [0.29, 0.717) is 17.5 Å². The molecule has 0 amide bonds. The summed E-state index contributed by atoms with van der Waals surface area (Å²) in [6.45, 7) is 0. The molecule has 0 N–H and O–H groups in total. The van der Waals surface area contributed by atoms with Crippen LogP contribution in [0.5, 0.6) is 0 Å². The van der Waals surface area contributed by atoms with E-state index in [0.717, 1.165) is 49.8 Å². The van der Waals surface area contributed by atoms with Gasteiger partial charge >= 0.3 is 0 Å². The molecule has 1 spiro atoms. The SMILES string of the molecule is c1ccc(-c2nc(-c3ccccc3)nc(-c3ccc4c(c3)-c3cc(-c5ccc(-c6cccc7cccnc67)cc5)ccc3C43c4ccccc4Sc4ccccc43)n2)cc1. The molecule has 2 aromatic heterocycles. The molecule has 5 heteroatoms. The van der Waals surface area contributed by atoms with E-state index in [-0.39, 0.29) is 0 Å². The number of nitrogens with zero attached hydrogens (tertiary/aromatic N) is 4. The predicted molar refractivity (Wildman–Crippen MR) is 244 cm³/mol. The Hall–Kier alpha value is -7.47. The van der Waals surface area contributed by atoms with Gasteiger partial charge in [-0.1, -0.05) is 182 Å². The van der Waals surface area contributed by atoms with Crippen LogP contribution in [0.15, 0.2) is 216 Å². The lowest BCUT2D eigenvalue weighted by molar-refractivity contribution is 0.722. The average Bonchev–Trinajstić information content (AvgIpc) is 3.61. The number of fused-ring (bicyclic) bond motifs is 10. The zero-order chi connectivity index (χ0) is 39.6. The summed E-state index contributed by atoms with van der Waals surface area (Å²) in [4.78, 5) is 22.6. The standard InChI is InChI=1S/C55H34N4S/c1-3-13-38(14-4-1)52-57-53(39-15-5-2-6-16-39)59-54(58-52)41-29-31-46-44(34-41)43-33-40(35-24-26-36(27-25-35)42-19-11-17-37-18-12-32-56-51(37)42)28-30-45(43)55(46)47-20-7-9-22-49(47)60-50-23-10-8-21-48(50)55/h1-34H. The fourth-order valence-corrected chi connectivity index (χ4v) is 10.5. The second kappa shape index (κ2) is 13.8. The van der Waals surface area contributed by atoms with E-state index in [9.17, 15) is 0 Å². The lowest BCUT2D eigenvalue weighted by atomic mass is 9.67. The zero-order valence-electron chi connectivity index (χ0n) is 32.3. The van der Waals surface area contributed by atoms with Gasteiger partial charge in [-0.25, -0.2) is 15.0 Å². The summed E-state index contributed by atoms with van der Waals surface area (Å²) in [5.41, 5.74) is 15.5. The third-order valence-electron chi connectivity index (χ3n) is 12.1. The molecule has 280 valence electrons. The number of hydrogen-bond acceptors (Lipinski definition) is 5. The largest absolute Gasteiger partial charge is 0.256 e. The summed E-state index contributed by atoms with van der Waals surface area (Å²) in [5, 5.41) is 1.14. The third kappa shape index (κ3) is 5.40. The van der Waals surface area contributed by atoms with Crippen LogP contribution in [0.1, 0.15) is 22.3 Å². The summed E-state index contributed by atoms with van der Waals surface area (Å²) < 4.78 is 0. The smallest absolute Gasteiger partial charge is 0.164 e. The maximum atomic E-state index is 5.14. The van der Waals surface area contributed by atoms with Crippen LogP contribution in [-0.4, -0.2) is 19.9 Å². The van der Waals surface area contributed by atoms with Gasteiger partial charge in [0, 0.05) is 43.6 Å². The van der Waals surface area contributed by atoms with Crippen molar-refractivity contribution in [2.45, 2.75) is 15.2 Å². The van der Waals surface area contributed by atoms with E-state index in [2.05, 4.69) is 158 Å². The van der Waals surface area contributed by atoms with Gasteiger partial charge < -0.3 is 0 Å². The minimum Gasteiger partial charge on any atom is -0.256 e. The molecule has 0 fully saturated rings. The Bertz CT molecular complexity index is 3180. The van der Waals surface area contributed by atoms with Crippen molar-refractivity contribution in [2.75, 3.05) is 0 Å². The highest BCUT2D eigenvalue weighted by molar-refractivity contribution is 7.99. The molecule has 1 aliphatic heterocycles. The Morgan fingerprint density at radius 2 is 0.833 bits per heavy atom. The van der Waals surface area contributed by atoms with Gasteiger partial charge in [-0.3, -0.25) is 4.98 Å². The average molecular weight is 783 g/mol. The quantitative estimate of drug-likeness (QED) is 0.174. The fourth-order valence-electron chi connectivity index (χ4n) is 9.34. The topological polar surface area (TPSA) is 51.6 Å². The van der Waals surface area contributed by atoms with Crippen LogP contribution >= 0.6 is 11.8 Å². The van der Waals surface area contributed by atoms with Crippen LogP contribution in [0.2, 0.25) is 0 Å². The molecule has 3 heterocycles. The van der Waals surface area contributed by atoms with Gasteiger partial charge in [0.2, 0.25) is 0 Å². The first kappa shape index (κ1) is 34.6. The first-order valence-electron chi connectivity index (χ1n) is 20.2. The molecule has 0 saturated heterocycles. The number of benzene rings is 8. The van der Waals surface area contributed by atoms with E-state index < -0.39 is 5.41 Å². The van der Waals surface area contributed by atoms with Crippen LogP contribution < -0.4 is 0 Å². The molecule has 60 heavy (non-hydrogen) atoms. The fraction of sp³-hybridized carbons (Fsp3) is 0.0182. The molecule has 10 aromatic rings. The molecule has 0 radical (unpaired) electrons. The van der Waals surface area contributed by atoms with Gasteiger partial charge in [0.15, 0.2) is 17.5 Å². The minimum absolute atomic E-state index is 0.505. The molecular weight excluding hydrogens is 749 g/mol. The van der Waals surface area contributed by atoms with Crippen molar-refractivity contribution in [2.24, 2.45) is 0 Å². The lowest BCUT2D eigenvalue weighted by Gasteiger charge is -2.39. The Morgan fingerprint density at radius 3 is 1.47 bits per heavy atom. The van der Waals surface area contributed by atoms with Crippen molar-refractivity contribution >= 4 is 22.7 Å². The van der Waals surface area contributed by atoms with Crippen LogP contribution in [0.3, 0.4) is 0 Å². The number of hydrogen-bond donors (Lipinski definition) is 0. The van der Waals surface area contributed by atoms with Crippen molar-refractivity contribution in [1.29, 1.82) is 0 Å². The second-order valence-corrected chi connectivity index (χ2v) is 16.4. The molecule has 0 unspecified atom stereocenters. The van der Waals surface area contributed by atoms with Crippen LogP contribution in [0.25, 0.3) is 78.4 Å². The third-order valence-corrected chi connectivity index (χ3v) is 13.2. The minimum atomic E-state index is -0.505. The normalized spacial score (nSPS) is 13.1. The van der Waals surface area contributed by atoms with Gasteiger partial charge in [0.05, 0.1) is 10.9 Å². The highest BCUT2D eigenvalue weighted by atomic mass is 32.2. The van der Waals surface area contributed by atoms with Gasteiger partial charge in [-0.05, 0) is 80.4 Å². The van der Waals surface area contributed by atoms with Gasteiger partial charge in [-0.15, -0.1) is 0 Å². The molecule has 12 rings (SSSR count). The van der Waals surface area contributed by atoms with Gasteiger partial charge in [0.1, 0.15) is 0 Å². The summed E-state index contributed by atoms with van der Waals surface area (Å²) in [5.74, 6) is 1.94. The Morgan fingerprint density at radius 1 is 0.333 bits per heavy atom. The summed E-state index contributed by atoms with van der Waals surface area (Å²) in [6.07, 6.45) is 1.87.